The summed E-state index contributed by atoms with van der Waals surface area (Å²) in [6.07, 6.45) is -4.04. The van der Waals surface area contributed by atoms with Gasteiger partial charge in [-0.05, 0) is 31.0 Å². The molecule has 3 N–H and O–H groups in total. The summed E-state index contributed by atoms with van der Waals surface area (Å²) in [7, 11) is 0. The summed E-state index contributed by atoms with van der Waals surface area (Å²) in [5.74, 6) is -1.86. The summed E-state index contributed by atoms with van der Waals surface area (Å²) in [5.41, 5.74) is 3.26. The van der Waals surface area contributed by atoms with Crippen LogP contribution in [0.1, 0.15) is 18.4 Å². The number of hydrogen-bond donors (Lipinski definition) is 2. The van der Waals surface area contributed by atoms with Crippen molar-refractivity contribution in [1.29, 1.82) is 0 Å². The van der Waals surface area contributed by atoms with E-state index < -0.39 is 28.9 Å². The molecular formula is C14H16F4N2O2. The van der Waals surface area contributed by atoms with Gasteiger partial charge in [0.05, 0.1) is 11.0 Å². The van der Waals surface area contributed by atoms with E-state index in [1.54, 1.807) is 0 Å². The third-order valence-corrected chi connectivity index (χ3v) is 3.85. The van der Waals surface area contributed by atoms with Gasteiger partial charge in [-0.25, -0.2) is 4.39 Å². The predicted molar refractivity (Wildman–Crippen MR) is 71.6 cm³/mol. The Bertz CT molecular complexity index is 554. The maximum absolute atomic E-state index is 13.2. The van der Waals surface area contributed by atoms with E-state index in [0.717, 1.165) is 6.07 Å². The van der Waals surface area contributed by atoms with Crippen molar-refractivity contribution < 1.29 is 27.1 Å². The normalized spacial score (nSPS) is 18.0. The topological polar surface area (TPSA) is 64.4 Å². The molecule has 1 saturated heterocycles. The molecule has 0 aromatic heterocycles. The molecule has 0 bridgehead atoms. The molecule has 0 spiro atoms. The van der Waals surface area contributed by atoms with Gasteiger partial charge >= 0.3 is 6.18 Å². The number of halogens is 4. The monoisotopic (exact) mass is 320 g/mol. The highest BCUT2D eigenvalue weighted by atomic mass is 19.4. The molecule has 1 heterocycles. The van der Waals surface area contributed by atoms with Crippen LogP contribution in [0.5, 0.6) is 0 Å². The van der Waals surface area contributed by atoms with E-state index in [9.17, 15) is 22.4 Å². The van der Waals surface area contributed by atoms with Gasteiger partial charge < -0.3 is 15.8 Å². The average molecular weight is 320 g/mol. The van der Waals surface area contributed by atoms with Crippen molar-refractivity contribution in [1.82, 2.24) is 0 Å². The molecule has 1 aliphatic heterocycles. The molecule has 8 heteroatoms. The summed E-state index contributed by atoms with van der Waals surface area (Å²) in [6.45, 7) is 0.791. The van der Waals surface area contributed by atoms with Crippen molar-refractivity contribution in [2.45, 2.75) is 19.0 Å². The van der Waals surface area contributed by atoms with E-state index in [1.165, 1.54) is 0 Å². The molecular weight excluding hydrogens is 304 g/mol. The molecule has 0 atom stereocenters. The molecule has 1 fully saturated rings. The van der Waals surface area contributed by atoms with E-state index in [1.807, 2.05) is 0 Å². The standard InChI is InChI=1S/C14H16F4N2O2/c15-11-2-1-9(7-10(11)14(16,17)18)20-12(21)13(8-19)3-5-22-6-4-13/h1-2,7H,3-6,8,19H2,(H,20,21). The molecule has 1 aliphatic rings. The lowest BCUT2D eigenvalue weighted by Gasteiger charge is -2.34. The predicted octanol–water partition coefficient (Wildman–Crippen LogP) is 2.54. The lowest BCUT2D eigenvalue weighted by molar-refractivity contribution is -0.140. The Morgan fingerprint density at radius 3 is 2.50 bits per heavy atom. The first-order valence-electron chi connectivity index (χ1n) is 6.74. The van der Waals surface area contributed by atoms with Crippen LogP contribution in [0, 0.1) is 11.2 Å². The maximum atomic E-state index is 13.2. The van der Waals surface area contributed by atoms with Gasteiger partial charge in [0, 0.05) is 25.4 Å². The fourth-order valence-electron chi connectivity index (χ4n) is 2.37. The lowest BCUT2D eigenvalue weighted by Crippen LogP contribution is -2.46. The second-order valence-electron chi connectivity index (χ2n) is 5.24. The lowest BCUT2D eigenvalue weighted by atomic mass is 9.79. The molecule has 0 radical (unpaired) electrons. The van der Waals surface area contributed by atoms with Crippen LogP contribution in [-0.4, -0.2) is 25.7 Å². The summed E-state index contributed by atoms with van der Waals surface area (Å²) in [6, 6.07) is 2.35. The largest absolute Gasteiger partial charge is 0.419 e. The minimum atomic E-state index is -4.82. The van der Waals surface area contributed by atoms with Gasteiger partial charge in [0.2, 0.25) is 5.91 Å². The van der Waals surface area contributed by atoms with Crippen molar-refractivity contribution in [2.24, 2.45) is 11.1 Å². The Labute approximate surface area is 124 Å². The average Bonchev–Trinajstić information content (AvgIpc) is 2.48. The zero-order valence-electron chi connectivity index (χ0n) is 11.7. The minimum Gasteiger partial charge on any atom is -0.381 e. The van der Waals surface area contributed by atoms with E-state index >= 15 is 0 Å². The van der Waals surface area contributed by atoms with Crippen LogP contribution in [0.25, 0.3) is 0 Å². The molecule has 1 aromatic carbocycles. The first kappa shape index (κ1) is 16.7. The van der Waals surface area contributed by atoms with Gasteiger partial charge in [-0.1, -0.05) is 0 Å². The van der Waals surface area contributed by atoms with Crippen molar-refractivity contribution >= 4 is 11.6 Å². The highest BCUT2D eigenvalue weighted by Crippen LogP contribution is 2.34. The zero-order valence-corrected chi connectivity index (χ0v) is 11.7. The van der Waals surface area contributed by atoms with Crippen LogP contribution in [0.3, 0.4) is 0 Å². The van der Waals surface area contributed by atoms with Crippen molar-refractivity contribution in [3.8, 4) is 0 Å². The molecule has 2 rings (SSSR count). The molecule has 122 valence electrons. The second kappa shape index (κ2) is 6.21. The Hall–Kier alpha value is -1.67. The van der Waals surface area contributed by atoms with Gasteiger partial charge in [0.1, 0.15) is 5.82 Å². The van der Waals surface area contributed by atoms with E-state index in [4.69, 9.17) is 10.5 Å². The van der Waals surface area contributed by atoms with Crippen molar-refractivity contribution in [3.63, 3.8) is 0 Å². The minimum absolute atomic E-state index is 0.0650. The quantitative estimate of drug-likeness (QED) is 0.841. The SMILES string of the molecule is NCC1(C(=O)Nc2ccc(F)c(C(F)(F)F)c2)CCOCC1. The molecule has 1 amide bonds. The van der Waals surface area contributed by atoms with Gasteiger partial charge in [-0.3, -0.25) is 4.79 Å². The van der Waals surface area contributed by atoms with Gasteiger partial charge in [-0.15, -0.1) is 0 Å². The highest BCUT2D eigenvalue weighted by Gasteiger charge is 2.39. The first-order valence-corrected chi connectivity index (χ1v) is 6.74. The van der Waals surface area contributed by atoms with Crippen LogP contribution in [-0.2, 0) is 15.7 Å². The number of alkyl halides is 3. The van der Waals surface area contributed by atoms with Crippen LogP contribution < -0.4 is 11.1 Å². The number of hydrogen-bond acceptors (Lipinski definition) is 3. The van der Waals surface area contributed by atoms with Crippen molar-refractivity contribution in [2.75, 3.05) is 25.1 Å². The fourth-order valence-corrected chi connectivity index (χ4v) is 2.37. The smallest absolute Gasteiger partial charge is 0.381 e. The maximum Gasteiger partial charge on any atom is 0.419 e. The molecule has 0 unspecified atom stereocenters. The van der Waals surface area contributed by atoms with E-state index in [2.05, 4.69) is 5.32 Å². The number of rotatable bonds is 3. The molecule has 0 aliphatic carbocycles. The van der Waals surface area contributed by atoms with Crippen LogP contribution >= 0.6 is 0 Å². The number of carbonyl (C=O) groups excluding carboxylic acids is 1. The summed E-state index contributed by atoms with van der Waals surface area (Å²) < 4.78 is 56.4. The Kier molecular flexibility index (Phi) is 4.72. The van der Waals surface area contributed by atoms with Crippen LogP contribution in [0.4, 0.5) is 23.2 Å². The van der Waals surface area contributed by atoms with E-state index in [0.29, 0.717) is 38.2 Å². The molecule has 1 aromatic rings. The number of carbonyl (C=O) groups is 1. The highest BCUT2D eigenvalue weighted by molar-refractivity contribution is 5.95. The Morgan fingerprint density at radius 1 is 1.32 bits per heavy atom. The van der Waals surface area contributed by atoms with Crippen LogP contribution in [0.15, 0.2) is 18.2 Å². The van der Waals surface area contributed by atoms with Gasteiger partial charge in [0.15, 0.2) is 0 Å². The number of ether oxygens (including phenoxy) is 1. The Morgan fingerprint density at radius 2 is 1.95 bits per heavy atom. The Balaban J connectivity index is 2.21. The third-order valence-electron chi connectivity index (χ3n) is 3.85. The van der Waals surface area contributed by atoms with Crippen LogP contribution in [0.2, 0.25) is 0 Å². The summed E-state index contributed by atoms with van der Waals surface area (Å²) >= 11 is 0. The summed E-state index contributed by atoms with van der Waals surface area (Å²) in [4.78, 5) is 12.3. The third kappa shape index (κ3) is 3.38. The number of benzene rings is 1. The zero-order chi connectivity index (χ0) is 16.4. The molecule has 22 heavy (non-hydrogen) atoms. The number of amides is 1. The van der Waals surface area contributed by atoms with Gasteiger partial charge in [0.25, 0.3) is 0 Å². The summed E-state index contributed by atoms with van der Waals surface area (Å²) in [5, 5.41) is 2.40. The van der Waals surface area contributed by atoms with Crippen molar-refractivity contribution in [3.05, 3.63) is 29.6 Å². The first-order chi connectivity index (χ1) is 10.3. The molecule has 4 nitrogen and oxygen atoms in total. The van der Waals surface area contributed by atoms with Gasteiger partial charge in [-0.2, -0.15) is 13.2 Å². The number of nitrogens with two attached hydrogens (primary N) is 1. The fraction of sp³-hybridized carbons (Fsp3) is 0.500. The second-order valence-corrected chi connectivity index (χ2v) is 5.24. The number of anilines is 1. The van der Waals surface area contributed by atoms with E-state index in [-0.39, 0.29) is 12.2 Å². The number of nitrogens with one attached hydrogen (secondary N) is 1. The molecule has 0 saturated carbocycles.